The van der Waals surface area contributed by atoms with Gasteiger partial charge in [-0.15, -0.1) is 24.0 Å². The van der Waals surface area contributed by atoms with Gasteiger partial charge in [0.1, 0.15) is 0 Å². The highest BCUT2D eigenvalue weighted by atomic mass is 127. The van der Waals surface area contributed by atoms with Crippen molar-refractivity contribution >= 4 is 29.9 Å². The number of guanidine groups is 1. The van der Waals surface area contributed by atoms with Gasteiger partial charge in [0.25, 0.3) is 0 Å². The maximum atomic E-state index is 12.3. The molecule has 124 valence electrons. The SMILES string of the molecule is COc1ccc(CCNC2=NCCCN2)cc1OC(F)F.I. The number of nitrogens with one attached hydrogen (secondary N) is 2. The van der Waals surface area contributed by atoms with Crippen LogP contribution in [0.3, 0.4) is 0 Å². The molecule has 0 aliphatic carbocycles. The summed E-state index contributed by atoms with van der Waals surface area (Å²) in [5, 5.41) is 6.33. The molecule has 0 spiro atoms. The molecule has 1 aliphatic heterocycles. The quantitative estimate of drug-likeness (QED) is 0.685. The van der Waals surface area contributed by atoms with Gasteiger partial charge in [0.05, 0.1) is 7.11 Å². The minimum Gasteiger partial charge on any atom is -0.493 e. The monoisotopic (exact) mass is 427 g/mol. The van der Waals surface area contributed by atoms with E-state index in [-0.39, 0.29) is 29.7 Å². The van der Waals surface area contributed by atoms with E-state index in [0.29, 0.717) is 18.7 Å². The maximum absolute atomic E-state index is 12.3. The van der Waals surface area contributed by atoms with E-state index in [0.717, 1.165) is 31.0 Å². The lowest BCUT2D eigenvalue weighted by molar-refractivity contribution is -0.0512. The lowest BCUT2D eigenvalue weighted by atomic mass is 10.1. The summed E-state index contributed by atoms with van der Waals surface area (Å²) in [5.41, 5.74) is 0.885. The minimum absolute atomic E-state index is 0. The van der Waals surface area contributed by atoms with Crippen LogP contribution in [0.2, 0.25) is 0 Å². The third-order valence-electron chi connectivity index (χ3n) is 3.05. The summed E-state index contributed by atoms with van der Waals surface area (Å²) in [6.45, 7) is -0.467. The van der Waals surface area contributed by atoms with Crippen molar-refractivity contribution in [2.75, 3.05) is 26.7 Å². The average Bonchev–Trinajstić information content (AvgIpc) is 2.48. The van der Waals surface area contributed by atoms with Crippen LogP contribution in [0.25, 0.3) is 0 Å². The van der Waals surface area contributed by atoms with Gasteiger partial charge in [-0.25, -0.2) is 0 Å². The fraction of sp³-hybridized carbons (Fsp3) is 0.500. The molecule has 2 N–H and O–H groups in total. The first-order valence-electron chi connectivity index (χ1n) is 6.83. The van der Waals surface area contributed by atoms with Gasteiger partial charge >= 0.3 is 6.61 Å². The zero-order valence-electron chi connectivity index (χ0n) is 12.3. The molecule has 0 unspecified atom stereocenters. The van der Waals surface area contributed by atoms with E-state index < -0.39 is 6.61 Å². The predicted octanol–water partition coefficient (Wildman–Crippen LogP) is 2.40. The first-order chi connectivity index (χ1) is 10.2. The second kappa shape index (κ2) is 9.65. The number of alkyl halides is 2. The molecule has 0 radical (unpaired) electrons. The van der Waals surface area contributed by atoms with Gasteiger partial charge in [-0.2, -0.15) is 8.78 Å². The number of nitrogens with zero attached hydrogens (tertiary/aromatic N) is 1. The van der Waals surface area contributed by atoms with Gasteiger partial charge in [-0.05, 0) is 30.5 Å². The van der Waals surface area contributed by atoms with Crippen LogP contribution in [0.1, 0.15) is 12.0 Å². The fourth-order valence-electron chi connectivity index (χ4n) is 2.04. The Balaban J connectivity index is 0.00000242. The lowest BCUT2D eigenvalue weighted by Gasteiger charge is -2.16. The summed E-state index contributed by atoms with van der Waals surface area (Å²) >= 11 is 0. The normalized spacial score (nSPS) is 13.7. The summed E-state index contributed by atoms with van der Waals surface area (Å²) in [7, 11) is 1.42. The number of hydrogen-bond acceptors (Lipinski definition) is 5. The highest BCUT2D eigenvalue weighted by molar-refractivity contribution is 14.0. The van der Waals surface area contributed by atoms with Crippen molar-refractivity contribution in [1.82, 2.24) is 10.6 Å². The van der Waals surface area contributed by atoms with Crippen molar-refractivity contribution in [3.8, 4) is 11.5 Å². The number of halogens is 3. The third kappa shape index (κ3) is 5.82. The van der Waals surface area contributed by atoms with E-state index in [9.17, 15) is 8.78 Å². The lowest BCUT2D eigenvalue weighted by Crippen LogP contribution is -2.41. The number of rotatable bonds is 6. The average molecular weight is 427 g/mol. The van der Waals surface area contributed by atoms with Crippen molar-refractivity contribution < 1.29 is 18.3 Å². The Morgan fingerprint density at radius 3 is 2.82 bits per heavy atom. The van der Waals surface area contributed by atoms with E-state index in [2.05, 4.69) is 20.4 Å². The highest BCUT2D eigenvalue weighted by Gasteiger charge is 2.11. The van der Waals surface area contributed by atoms with E-state index in [1.165, 1.54) is 7.11 Å². The molecule has 2 rings (SSSR count). The zero-order valence-corrected chi connectivity index (χ0v) is 14.6. The molecular formula is C14H20F2IN3O2. The number of aliphatic imine (C=N–C) groups is 1. The van der Waals surface area contributed by atoms with Crippen LogP contribution in [0, 0.1) is 0 Å². The van der Waals surface area contributed by atoms with E-state index in [4.69, 9.17) is 4.74 Å². The molecule has 1 aromatic carbocycles. The van der Waals surface area contributed by atoms with Crippen LogP contribution in [-0.2, 0) is 6.42 Å². The van der Waals surface area contributed by atoms with Crippen molar-refractivity contribution in [3.63, 3.8) is 0 Å². The van der Waals surface area contributed by atoms with Crippen LogP contribution >= 0.6 is 24.0 Å². The number of benzene rings is 1. The Hall–Kier alpha value is -1.32. The minimum atomic E-state index is -2.87. The summed E-state index contributed by atoms with van der Waals surface area (Å²) in [5.74, 6) is 1.14. The van der Waals surface area contributed by atoms with E-state index in [1.54, 1.807) is 12.1 Å². The molecule has 1 aromatic rings. The molecule has 0 atom stereocenters. The van der Waals surface area contributed by atoms with Gasteiger partial charge in [0.2, 0.25) is 0 Å². The summed E-state index contributed by atoms with van der Waals surface area (Å²) in [6.07, 6.45) is 1.71. The number of methoxy groups -OCH3 is 1. The van der Waals surface area contributed by atoms with Crippen molar-refractivity contribution in [3.05, 3.63) is 23.8 Å². The molecular weight excluding hydrogens is 407 g/mol. The smallest absolute Gasteiger partial charge is 0.387 e. The molecule has 0 saturated heterocycles. The molecule has 5 nitrogen and oxygen atoms in total. The Morgan fingerprint density at radius 2 is 2.18 bits per heavy atom. The molecule has 22 heavy (non-hydrogen) atoms. The molecule has 0 fully saturated rings. The molecule has 1 aliphatic rings. The molecule has 0 amide bonds. The largest absolute Gasteiger partial charge is 0.493 e. The molecule has 0 aromatic heterocycles. The Labute approximate surface area is 145 Å². The standard InChI is InChI=1S/C14H19F2N3O2.HI/c1-20-11-4-3-10(9-12(11)21-13(15)16)5-8-19-14-17-6-2-7-18-14;/h3-4,9,13H,2,5-8H2,1H3,(H2,17,18,19);1H. The fourth-order valence-corrected chi connectivity index (χ4v) is 2.04. The Bertz CT molecular complexity index is 501. The molecule has 1 heterocycles. The first kappa shape index (κ1) is 18.7. The Morgan fingerprint density at radius 1 is 1.36 bits per heavy atom. The zero-order chi connectivity index (χ0) is 15.1. The predicted molar refractivity (Wildman–Crippen MR) is 91.7 cm³/mol. The van der Waals surface area contributed by atoms with Crippen molar-refractivity contribution in [1.29, 1.82) is 0 Å². The summed E-state index contributed by atoms with van der Waals surface area (Å²) < 4.78 is 34.2. The number of ether oxygens (including phenoxy) is 2. The molecule has 0 saturated carbocycles. The van der Waals surface area contributed by atoms with Gasteiger partial charge in [-0.1, -0.05) is 6.07 Å². The van der Waals surface area contributed by atoms with Crippen LogP contribution in [0.15, 0.2) is 23.2 Å². The van der Waals surface area contributed by atoms with Crippen LogP contribution in [-0.4, -0.2) is 39.3 Å². The van der Waals surface area contributed by atoms with Gasteiger partial charge in [0.15, 0.2) is 17.5 Å². The van der Waals surface area contributed by atoms with Gasteiger partial charge in [0, 0.05) is 19.6 Å². The molecule has 0 bridgehead atoms. The second-order valence-corrected chi connectivity index (χ2v) is 4.55. The second-order valence-electron chi connectivity index (χ2n) is 4.55. The topological polar surface area (TPSA) is 54.9 Å². The van der Waals surface area contributed by atoms with E-state index in [1.807, 2.05) is 6.07 Å². The third-order valence-corrected chi connectivity index (χ3v) is 3.05. The van der Waals surface area contributed by atoms with Crippen LogP contribution < -0.4 is 20.1 Å². The number of hydrogen-bond donors (Lipinski definition) is 2. The van der Waals surface area contributed by atoms with Crippen molar-refractivity contribution in [2.24, 2.45) is 4.99 Å². The summed E-state index contributed by atoms with van der Waals surface area (Å²) in [6, 6.07) is 5.03. The van der Waals surface area contributed by atoms with Gasteiger partial charge < -0.3 is 20.1 Å². The Kier molecular flexibility index (Phi) is 8.21. The van der Waals surface area contributed by atoms with E-state index >= 15 is 0 Å². The summed E-state index contributed by atoms with van der Waals surface area (Å²) in [4.78, 5) is 4.30. The first-order valence-corrected chi connectivity index (χ1v) is 6.83. The van der Waals surface area contributed by atoms with Crippen LogP contribution in [0.4, 0.5) is 8.78 Å². The van der Waals surface area contributed by atoms with Gasteiger partial charge in [-0.3, -0.25) is 4.99 Å². The maximum Gasteiger partial charge on any atom is 0.387 e. The molecule has 8 heteroatoms. The highest BCUT2D eigenvalue weighted by Crippen LogP contribution is 2.29. The van der Waals surface area contributed by atoms with Crippen LogP contribution in [0.5, 0.6) is 11.5 Å². The van der Waals surface area contributed by atoms with Crippen molar-refractivity contribution in [2.45, 2.75) is 19.5 Å².